The Morgan fingerprint density at radius 1 is 1.35 bits per heavy atom. The average molecular weight is 302 g/mol. The molecular weight excluding hydrogens is 290 g/mol. The van der Waals surface area contributed by atoms with Crippen molar-refractivity contribution in [2.24, 2.45) is 0 Å². The number of aliphatic hydroxyl groups is 3. The van der Waals surface area contributed by atoms with Crippen molar-refractivity contribution < 1.29 is 20.1 Å². The monoisotopic (exact) mass is 301 g/mol. The Balaban J connectivity index is 2.09. The van der Waals surface area contributed by atoms with Crippen LogP contribution in [0.2, 0.25) is 5.28 Å². The van der Waals surface area contributed by atoms with Crippen molar-refractivity contribution in [3.8, 4) is 11.5 Å². The molecule has 0 bridgehead atoms. The predicted molar refractivity (Wildman–Crippen MR) is 66.9 cm³/mol. The molecule has 0 saturated carbocycles. The van der Waals surface area contributed by atoms with E-state index in [4.69, 9.17) is 27.2 Å². The highest BCUT2D eigenvalue weighted by atomic mass is 35.5. The zero-order valence-electron chi connectivity index (χ0n) is 10.1. The van der Waals surface area contributed by atoms with Crippen molar-refractivity contribution in [1.29, 1.82) is 0 Å². The number of aromatic nitrogens is 4. The molecule has 0 aliphatic carbocycles. The standard InChI is InChI=1S/C10H12ClN5O4/c11-10-15-8-4(13-2-14-8)7(12)16(10)9-6(19)5(18)3(1-17)20-9/h2-3,5-6,9,17-19H,1,12H2/t3-,5+,6-,9-/m1/s1. The fraction of sp³-hybridized carbons (Fsp3) is 0.500. The van der Waals surface area contributed by atoms with Crippen LogP contribution in [0.4, 0.5) is 5.82 Å². The van der Waals surface area contributed by atoms with Gasteiger partial charge in [-0.3, -0.25) is 4.57 Å². The van der Waals surface area contributed by atoms with E-state index in [0.717, 1.165) is 0 Å². The zero-order valence-corrected chi connectivity index (χ0v) is 10.8. The van der Waals surface area contributed by atoms with Crippen molar-refractivity contribution in [3.63, 3.8) is 0 Å². The first-order valence-electron chi connectivity index (χ1n) is 5.81. The number of ether oxygens (including phenoxy) is 1. The molecule has 3 aliphatic rings. The van der Waals surface area contributed by atoms with Crippen molar-refractivity contribution in [1.82, 2.24) is 19.5 Å². The van der Waals surface area contributed by atoms with Crippen LogP contribution in [0, 0.1) is 0 Å². The summed E-state index contributed by atoms with van der Waals surface area (Å²) in [5, 5.41) is 28.8. The van der Waals surface area contributed by atoms with Gasteiger partial charge in [0, 0.05) is 0 Å². The number of nitrogens with zero attached hydrogens (tertiary/aromatic N) is 4. The smallest absolute Gasteiger partial charge is 0.208 e. The number of rotatable bonds is 2. The third kappa shape index (κ3) is 1.83. The van der Waals surface area contributed by atoms with Gasteiger partial charge in [-0.2, -0.15) is 4.98 Å². The van der Waals surface area contributed by atoms with Crippen LogP contribution in [-0.2, 0) is 4.74 Å². The van der Waals surface area contributed by atoms with Gasteiger partial charge in [0.15, 0.2) is 12.1 Å². The Kier molecular flexibility index (Phi) is 3.22. The lowest BCUT2D eigenvalue weighted by Gasteiger charge is -2.22. The molecule has 1 saturated heterocycles. The summed E-state index contributed by atoms with van der Waals surface area (Å²) in [7, 11) is 0. The van der Waals surface area contributed by atoms with E-state index in [1.165, 1.54) is 10.9 Å². The molecule has 0 amide bonds. The molecule has 0 aromatic heterocycles. The maximum atomic E-state index is 10.00. The number of anilines is 1. The van der Waals surface area contributed by atoms with Gasteiger partial charge in [-0.05, 0) is 11.6 Å². The Morgan fingerprint density at radius 3 is 2.75 bits per heavy atom. The van der Waals surface area contributed by atoms with E-state index >= 15 is 0 Å². The van der Waals surface area contributed by atoms with Crippen LogP contribution in [0.25, 0.3) is 11.5 Å². The van der Waals surface area contributed by atoms with Gasteiger partial charge in [0.1, 0.15) is 36.2 Å². The summed E-state index contributed by atoms with van der Waals surface area (Å²) in [6, 6.07) is 0. The van der Waals surface area contributed by atoms with E-state index in [1.54, 1.807) is 0 Å². The van der Waals surface area contributed by atoms with E-state index in [9.17, 15) is 10.2 Å². The molecule has 1 fully saturated rings. The second-order valence-corrected chi connectivity index (χ2v) is 4.75. The van der Waals surface area contributed by atoms with Crippen LogP contribution in [-0.4, -0.2) is 59.8 Å². The third-order valence-electron chi connectivity index (χ3n) is 3.25. The fourth-order valence-corrected chi connectivity index (χ4v) is 2.48. The lowest BCUT2D eigenvalue weighted by atomic mass is 10.1. The van der Waals surface area contributed by atoms with Gasteiger partial charge >= 0.3 is 0 Å². The van der Waals surface area contributed by atoms with Crippen molar-refractivity contribution in [2.75, 3.05) is 12.3 Å². The van der Waals surface area contributed by atoms with E-state index < -0.39 is 31.1 Å². The van der Waals surface area contributed by atoms with Crippen LogP contribution < -0.4 is 5.73 Å². The van der Waals surface area contributed by atoms with E-state index in [0.29, 0.717) is 5.69 Å². The molecule has 20 heavy (non-hydrogen) atoms. The second kappa shape index (κ2) is 4.79. The van der Waals surface area contributed by atoms with Crippen LogP contribution in [0.1, 0.15) is 6.23 Å². The lowest BCUT2D eigenvalue weighted by Crippen LogP contribution is -2.33. The van der Waals surface area contributed by atoms with Gasteiger partial charge in [-0.25, -0.2) is 9.97 Å². The molecular formula is C10H12ClN5O4. The van der Waals surface area contributed by atoms with Crippen molar-refractivity contribution in [2.45, 2.75) is 24.5 Å². The minimum absolute atomic E-state index is 0.0645. The van der Waals surface area contributed by atoms with Crippen LogP contribution >= 0.6 is 11.6 Å². The molecule has 0 radical (unpaired) electrons. The van der Waals surface area contributed by atoms with Gasteiger partial charge in [0.2, 0.25) is 5.28 Å². The minimum atomic E-state index is -1.31. The molecule has 5 N–H and O–H groups in total. The zero-order chi connectivity index (χ0) is 14.4. The topological polar surface area (TPSA) is 140 Å². The summed E-state index contributed by atoms with van der Waals surface area (Å²) in [5.74, 6) is 0.378. The highest BCUT2D eigenvalue weighted by Gasteiger charge is 2.44. The van der Waals surface area contributed by atoms with Gasteiger partial charge in [0.05, 0.1) is 6.61 Å². The summed E-state index contributed by atoms with van der Waals surface area (Å²) in [4.78, 5) is 11.8. The normalized spacial score (nSPS) is 30.2. The Hall–Kier alpha value is -1.52. The van der Waals surface area contributed by atoms with E-state index in [1.807, 2.05) is 0 Å². The molecule has 10 heteroatoms. The van der Waals surface area contributed by atoms with Gasteiger partial charge in [0.25, 0.3) is 0 Å². The average Bonchev–Trinajstić information content (AvgIpc) is 2.98. The lowest BCUT2D eigenvalue weighted by molar-refractivity contribution is -0.0521. The number of fused-ring (bicyclic) bond motifs is 1. The largest absolute Gasteiger partial charge is 0.394 e. The summed E-state index contributed by atoms with van der Waals surface area (Å²) in [5.41, 5.74) is 6.25. The van der Waals surface area contributed by atoms with Gasteiger partial charge < -0.3 is 25.8 Å². The molecule has 3 heterocycles. The highest BCUT2D eigenvalue weighted by molar-refractivity contribution is 6.28. The minimum Gasteiger partial charge on any atom is -0.394 e. The summed E-state index contributed by atoms with van der Waals surface area (Å²) < 4.78 is 6.58. The van der Waals surface area contributed by atoms with Crippen LogP contribution in [0.5, 0.6) is 0 Å². The molecule has 0 aromatic rings. The van der Waals surface area contributed by atoms with E-state index in [2.05, 4.69) is 15.0 Å². The maximum Gasteiger partial charge on any atom is 0.208 e. The number of hydrogen-bond donors (Lipinski definition) is 4. The van der Waals surface area contributed by atoms with Crippen LogP contribution in [0.3, 0.4) is 0 Å². The number of hydrogen-bond acceptors (Lipinski definition) is 8. The van der Waals surface area contributed by atoms with Crippen molar-refractivity contribution in [3.05, 3.63) is 11.6 Å². The van der Waals surface area contributed by atoms with E-state index in [-0.39, 0.29) is 16.9 Å². The van der Waals surface area contributed by atoms with Crippen molar-refractivity contribution >= 4 is 17.4 Å². The number of nitrogen functional groups attached to an aromatic ring is 1. The van der Waals surface area contributed by atoms with Gasteiger partial charge in [-0.15, -0.1) is 0 Å². The molecule has 0 unspecified atom stereocenters. The first kappa shape index (κ1) is 13.5. The molecule has 4 atom stereocenters. The third-order valence-corrected chi connectivity index (χ3v) is 3.52. The Morgan fingerprint density at radius 2 is 2.10 bits per heavy atom. The SMILES string of the molecule is Nc1c2ncnc-2nc(Cl)n1[C@@H]1O[C@H](CO)[C@H](O)[C@H]1O. The molecule has 0 aromatic carbocycles. The summed E-state index contributed by atoms with van der Waals surface area (Å²) in [6.07, 6.45) is -3.28. The highest BCUT2D eigenvalue weighted by Crippen LogP contribution is 2.36. The molecule has 9 nitrogen and oxygen atoms in total. The maximum absolute atomic E-state index is 10.00. The predicted octanol–water partition coefficient (Wildman–Crippen LogP) is -1.38. The number of halogens is 1. The summed E-state index contributed by atoms with van der Waals surface area (Å²) in [6.45, 7) is -0.446. The molecule has 3 aliphatic heterocycles. The first-order chi connectivity index (χ1) is 9.54. The second-order valence-electron chi connectivity index (χ2n) is 4.41. The Labute approximate surface area is 118 Å². The molecule has 108 valence electrons. The quantitative estimate of drug-likeness (QED) is 0.498. The summed E-state index contributed by atoms with van der Waals surface area (Å²) >= 11 is 6.02. The molecule has 0 spiro atoms. The molecule has 3 rings (SSSR count). The number of imidazole rings is 1. The van der Waals surface area contributed by atoms with Gasteiger partial charge in [-0.1, -0.05) is 0 Å². The number of nitrogens with two attached hydrogens (primary N) is 1. The van der Waals surface area contributed by atoms with Crippen LogP contribution in [0.15, 0.2) is 6.33 Å². The first-order valence-corrected chi connectivity index (χ1v) is 6.18. The number of aliphatic hydroxyl groups excluding tert-OH is 3. The fourth-order valence-electron chi connectivity index (χ4n) is 2.21. The Bertz CT molecular complexity index is 608.